The van der Waals surface area contributed by atoms with Gasteiger partial charge in [0.15, 0.2) is 0 Å². The predicted octanol–water partition coefficient (Wildman–Crippen LogP) is 2.17. The van der Waals surface area contributed by atoms with Crippen molar-refractivity contribution < 1.29 is 14.3 Å². The number of carbonyl (C=O) groups excluding carboxylic acids is 2. The van der Waals surface area contributed by atoms with E-state index in [2.05, 4.69) is 15.4 Å². The molecular formula is C20H22N4O4. The van der Waals surface area contributed by atoms with Crippen LogP contribution in [0.5, 0.6) is 0 Å². The van der Waals surface area contributed by atoms with Gasteiger partial charge in [-0.15, -0.1) is 0 Å². The number of carbonyl (C=O) groups is 2. The fraction of sp³-hybridized carbons (Fsp3) is 0.400. The molecule has 1 fully saturated rings. The summed E-state index contributed by atoms with van der Waals surface area (Å²) >= 11 is 0. The van der Waals surface area contributed by atoms with Crippen LogP contribution in [0.4, 0.5) is 0 Å². The van der Waals surface area contributed by atoms with Crippen molar-refractivity contribution in [2.45, 2.75) is 44.6 Å². The Morgan fingerprint density at radius 1 is 1.25 bits per heavy atom. The minimum Gasteiger partial charge on any atom is -0.464 e. The minimum atomic E-state index is -1.03. The molecule has 0 spiro atoms. The van der Waals surface area contributed by atoms with Gasteiger partial charge in [0.2, 0.25) is 0 Å². The summed E-state index contributed by atoms with van der Waals surface area (Å²) in [6.07, 6.45) is 5.19. The van der Waals surface area contributed by atoms with E-state index in [1.807, 2.05) is 0 Å². The van der Waals surface area contributed by atoms with Crippen molar-refractivity contribution in [2.75, 3.05) is 6.61 Å². The second kappa shape index (κ2) is 7.10. The first-order valence-electron chi connectivity index (χ1n) is 9.54. The van der Waals surface area contributed by atoms with Gasteiger partial charge >= 0.3 is 5.97 Å². The van der Waals surface area contributed by atoms with E-state index in [0.717, 1.165) is 19.3 Å². The lowest BCUT2D eigenvalue weighted by Gasteiger charge is -2.35. The SMILES string of the molecule is CCOC(=O)C1(NC(=O)c2cnn3c2[nH]c(=O)c2ccccc23)CCCCC1. The first kappa shape index (κ1) is 18.2. The number of nitrogens with one attached hydrogen (secondary N) is 2. The molecule has 3 aromatic rings. The molecule has 1 aliphatic carbocycles. The molecule has 146 valence electrons. The molecule has 0 radical (unpaired) electrons. The molecule has 2 heterocycles. The molecule has 2 N–H and O–H groups in total. The van der Waals surface area contributed by atoms with E-state index >= 15 is 0 Å². The Morgan fingerprint density at radius 3 is 2.75 bits per heavy atom. The lowest BCUT2D eigenvalue weighted by atomic mass is 9.81. The summed E-state index contributed by atoms with van der Waals surface area (Å²) in [5.74, 6) is -0.852. The van der Waals surface area contributed by atoms with E-state index in [9.17, 15) is 14.4 Å². The van der Waals surface area contributed by atoms with Crippen LogP contribution in [0.25, 0.3) is 16.6 Å². The quantitative estimate of drug-likeness (QED) is 0.673. The number of benzene rings is 1. The zero-order valence-corrected chi connectivity index (χ0v) is 15.7. The van der Waals surface area contributed by atoms with Crippen molar-refractivity contribution in [3.8, 4) is 0 Å². The van der Waals surface area contributed by atoms with Gasteiger partial charge in [0.05, 0.1) is 23.7 Å². The van der Waals surface area contributed by atoms with Crippen molar-refractivity contribution >= 4 is 28.4 Å². The monoisotopic (exact) mass is 382 g/mol. The molecule has 1 aromatic carbocycles. The number of esters is 1. The fourth-order valence-corrected chi connectivity index (χ4v) is 3.93. The first-order valence-corrected chi connectivity index (χ1v) is 9.54. The van der Waals surface area contributed by atoms with Gasteiger partial charge in [0, 0.05) is 0 Å². The van der Waals surface area contributed by atoms with Crippen molar-refractivity contribution in [1.82, 2.24) is 19.9 Å². The number of amides is 1. The molecule has 8 nitrogen and oxygen atoms in total. The van der Waals surface area contributed by atoms with Crippen LogP contribution in [-0.2, 0) is 9.53 Å². The number of aromatic nitrogens is 3. The summed E-state index contributed by atoms with van der Waals surface area (Å²) in [6, 6.07) is 7.05. The van der Waals surface area contributed by atoms with E-state index in [1.165, 1.54) is 10.7 Å². The lowest BCUT2D eigenvalue weighted by Crippen LogP contribution is -2.56. The highest BCUT2D eigenvalue weighted by Gasteiger charge is 2.42. The normalized spacial score (nSPS) is 16.2. The third-order valence-corrected chi connectivity index (χ3v) is 5.35. The molecule has 1 amide bonds. The lowest BCUT2D eigenvalue weighted by molar-refractivity contribution is -0.152. The number of rotatable bonds is 4. The number of hydrogen-bond acceptors (Lipinski definition) is 5. The van der Waals surface area contributed by atoms with Crippen molar-refractivity contribution in [1.29, 1.82) is 0 Å². The van der Waals surface area contributed by atoms with E-state index in [0.29, 0.717) is 29.4 Å². The van der Waals surface area contributed by atoms with E-state index in [-0.39, 0.29) is 17.7 Å². The average Bonchev–Trinajstić information content (AvgIpc) is 3.13. The summed E-state index contributed by atoms with van der Waals surface area (Å²) in [6.45, 7) is 2.00. The fourth-order valence-electron chi connectivity index (χ4n) is 3.93. The number of fused-ring (bicyclic) bond motifs is 3. The van der Waals surface area contributed by atoms with Crippen LogP contribution in [0.15, 0.2) is 35.3 Å². The Morgan fingerprint density at radius 2 is 2.00 bits per heavy atom. The van der Waals surface area contributed by atoms with E-state index < -0.39 is 17.4 Å². The van der Waals surface area contributed by atoms with Crippen molar-refractivity contribution in [2.24, 2.45) is 0 Å². The zero-order chi connectivity index (χ0) is 19.7. The Labute approximate surface area is 160 Å². The van der Waals surface area contributed by atoms with Gasteiger partial charge in [-0.05, 0) is 31.9 Å². The van der Waals surface area contributed by atoms with E-state index in [4.69, 9.17) is 4.74 Å². The summed E-state index contributed by atoms with van der Waals surface area (Å²) in [5.41, 5.74) is -0.196. The van der Waals surface area contributed by atoms with Gasteiger partial charge in [-0.3, -0.25) is 9.59 Å². The second-order valence-corrected chi connectivity index (χ2v) is 7.11. The molecule has 0 atom stereocenters. The summed E-state index contributed by atoms with van der Waals surface area (Å²) in [4.78, 5) is 40.8. The molecule has 4 rings (SSSR count). The molecule has 0 saturated heterocycles. The van der Waals surface area contributed by atoms with Crippen molar-refractivity contribution in [3.05, 3.63) is 46.4 Å². The number of nitrogens with zero attached hydrogens (tertiary/aromatic N) is 2. The zero-order valence-electron chi connectivity index (χ0n) is 15.7. The third kappa shape index (κ3) is 2.94. The van der Waals surface area contributed by atoms with Gasteiger partial charge < -0.3 is 15.0 Å². The Kier molecular flexibility index (Phi) is 4.62. The highest BCUT2D eigenvalue weighted by atomic mass is 16.5. The van der Waals surface area contributed by atoms with Gasteiger partial charge in [-0.1, -0.05) is 31.4 Å². The van der Waals surface area contributed by atoms with Crippen LogP contribution < -0.4 is 10.9 Å². The summed E-state index contributed by atoms with van der Waals surface area (Å²) in [7, 11) is 0. The van der Waals surface area contributed by atoms with Gasteiger partial charge in [0.25, 0.3) is 11.5 Å². The van der Waals surface area contributed by atoms with Crippen LogP contribution in [0.2, 0.25) is 0 Å². The Hall–Kier alpha value is -3.16. The van der Waals surface area contributed by atoms with Crippen LogP contribution in [0.3, 0.4) is 0 Å². The summed E-state index contributed by atoms with van der Waals surface area (Å²) in [5, 5.41) is 7.65. The maximum absolute atomic E-state index is 13.1. The molecular weight excluding hydrogens is 360 g/mol. The molecule has 28 heavy (non-hydrogen) atoms. The number of H-pyrrole nitrogens is 1. The number of ether oxygens (including phenoxy) is 1. The van der Waals surface area contributed by atoms with Crippen LogP contribution in [-0.4, -0.2) is 38.6 Å². The van der Waals surface area contributed by atoms with Gasteiger partial charge in [-0.2, -0.15) is 5.10 Å². The highest BCUT2D eigenvalue weighted by molar-refractivity contribution is 6.03. The standard InChI is InChI=1S/C20H22N4O4/c1-2-28-19(27)20(10-6-3-7-11-20)23-18(26)14-12-21-24-15-9-5-4-8-13(15)17(25)22-16(14)24/h4-5,8-9,12H,2-3,6-7,10-11H2,1H3,(H,22,25)(H,23,26). The minimum absolute atomic E-state index is 0.220. The molecule has 1 saturated carbocycles. The molecule has 8 heteroatoms. The van der Waals surface area contributed by atoms with Gasteiger partial charge in [-0.25, -0.2) is 9.31 Å². The van der Waals surface area contributed by atoms with Crippen LogP contribution >= 0.6 is 0 Å². The third-order valence-electron chi connectivity index (χ3n) is 5.35. The van der Waals surface area contributed by atoms with Crippen LogP contribution in [0.1, 0.15) is 49.4 Å². The highest BCUT2D eigenvalue weighted by Crippen LogP contribution is 2.30. The largest absolute Gasteiger partial charge is 0.464 e. The molecule has 0 aliphatic heterocycles. The average molecular weight is 382 g/mol. The van der Waals surface area contributed by atoms with Gasteiger partial charge in [0.1, 0.15) is 16.7 Å². The molecule has 0 unspecified atom stereocenters. The predicted molar refractivity (Wildman–Crippen MR) is 103 cm³/mol. The Balaban J connectivity index is 1.74. The first-order chi connectivity index (χ1) is 13.6. The Bertz CT molecular complexity index is 1110. The molecule has 0 bridgehead atoms. The smallest absolute Gasteiger partial charge is 0.331 e. The molecule has 2 aromatic heterocycles. The number of aromatic amines is 1. The summed E-state index contributed by atoms with van der Waals surface area (Å²) < 4.78 is 6.77. The second-order valence-electron chi connectivity index (χ2n) is 7.11. The topological polar surface area (TPSA) is 106 Å². The number of para-hydroxylation sites is 1. The molecule has 1 aliphatic rings. The maximum Gasteiger partial charge on any atom is 0.331 e. The van der Waals surface area contributed by atoms with E-state index in [1.54, 1.807) is 31.2 Å². The van der Waals surface area contributed by atoms with Crippen molar-refractivity contribution in [3.63, 3.8) is 0 Å². The number of hydrogen-bond donors (Lipinski definition) is 2. The maximum atomic E-state index is 13.1. The van der Waals surface area contributed by atoms with Crippen LogP contribution in [0, 0.1) is 0 Å².